The molecule has 0 aromatic heterocycles. The average Bonchev–Trinajstić information content (AvgIpc) is 2.56. The maximum Gasteiger partial charge on any atom is 0.410 e. The molecule has 0 aromatic rings. The van der Waals surface area contributed by atoms with Crippen molar-refractivity contribution in [3.8, 4) is 0 Å². The summed E-state index contributed by atoms with van der Waals surface area (Å²) in [6, 6.07) is 0.155. The lowest BCUT2D eigenvalue weighted by molar-refractivity contribution is -0.00322. The average molecular weight is 269 g/mol. The van der Waals surface area contributed by atoms with E-state index in [1.54, 1.807) is 0 Å². The van der Waals surface area contributed by atoms with E-state index in [0.717, 1.165) is 32.4 Å². The van der Waals surface area contributed by atoms with Crippen LogP contribution in [0.3, 0.4) is 0 Å². The predicted octanol–water partition coefficient (Wildman–Crippen LogP) is 1.42. The van der Waals surface area contributed by atoms with Gasteiger partial charge in [-0.3, -0.25) is 4.90 Å². The summed E-state index contributed by atoms with van der Waals surface area (Å²) < 4.78 is 5.48. The van der Waals surface area contributed by atoms with Gasteiger partial charge in [0.25, 0.3) is 0 Å². The third-order valence-electron chi connectivity index (χ3n) is 4.38. The van der Waals surface area contributed by atoms with Crippen LogP contribution in [0.4, 0.5) is 4.79 Å². The minimum Gasteiger partial charge on any atom is -0.444 e. The summed E-state index contributed by atoms with van der Waals surface area (Å²) in [5.41, 5.74) is 5.82. The highest BCUT2D eigenvalue weighted by Crippen LogP contribution is 2.35. The van der Waals surface area contributed by atoms with E-state index < -0.39 is 5.60 Å². The summed E-state index contributed by atoms with van der Waals surface area (Å²) in [5, 5.41) is 0. The SMILES string of the molecule is CN1CCC(N)C12CCCN(C(=O)OC(C)(C)C)C2. The van der Waals surface area contributed by atoms with Gasteiger partial charge in [0.15, 0.2) is 0 Å². The Kier molecular flexibility index (Phi) is 3.80. The van der Waals surface area contributed by atoms with E-state index >= 15 is 0 Å². The lowest BCUT2D eigenvalue weighted by Gasteiger charge is -2.46. The van der Waals surface area contributed by atoms with Gasteiger partial charge in [-0.05, 0) is 47.1 Å². The molecule has 2 rings (SSSR count). The highest BCUT2D eigenvalue weighted by molar-refractivity contribution is 5.68. The van der Waals surface area contributed by atoms with Crippen LogP contribution in [0.2, 0.25) is 0 Å². The van der Waals surface area contributed by atoms with Crippen LogP contribution in [-0.2, 0) is 4.74 Å². The van der Waals surface area contributed by atoms with E-state index in [9.17, 15) is 4.79 Å². The summed E-state index contributed by atoms with van der Waals surface area (Å²) in [4.78, 5) is 16.4. The number of carbonyl (C=O) groups is 1. The first-order valence-electron chi connectivity index (χ1n) is 7.19. The molecule has 5 nitrogen and oxygen atoms in total. The Bertz CT molecular complexity index is 341. The van der Waals surface area contributed by atoms with E-state index in [1.807, 2.05) is 25.7 Å². The van der Waals surface area contributed by atoms with Crippen molar-refractivity contribution in [3.05, 3.63) is 0 Å². The molecule has 1 amide bonds. The second-order valence-electron chi connectivity index (χ2n) is 6.93. The Labute approximate surface area is 116 Å². The lowest BCUT2D eigenvalue weighted by Crippen LogP contribution is -2.62. The monoisotopic (exact) mass is 269 g/mol. The van der Waals surface area contributed by atoms with Gasteiger partial charge in [0, 0.05) is 25.7 Å². The molecular weight excluding hydrogens is 242 g/mol. The van der Waals surface area contributed by atoms with Crippen molar-refractivity contribution in [2.24, 2.45) is 5.73 Å². The van der Waals surface area contributed by atoms with E-state index in [2.05, 4.69) is 11.9 Å². The molecule has 2 saturated heterocycles. The number of ether oxygens (including phenoxy) is 1. The standard InChI is InChI=1S/C14H27N3O2/c1-13(2,3)19-12(18)17-8-5-7-14(10-17)11(15)6-9-16(14)4/h11H,5-10,15H2,1-4H3. The number of piperidine rings is 1. The second kappa shape index (κ2) is 4.94. The lowest BCUT2D eigenvalue weighted by atomic mass is 9.83. The largest absolute Gasteiger partial charge is 0.444 e. The van der Waals surface area contributed by atoms with Crippen molar-refractivity contribution >= 4 is 6.09 Å². The number of nitrogens with zero attached hydrogens (tertiary/aromatic N) is 2. The Morgan fingerprint density at radius 2 is 2.05 bits per heavy atom. The molecule has 0 aliphatic carbocycles. The predicted molar refractivity (Wildman–Crippen MR) is 75.0 cm³/mol. The summed E-state index contributed by atoms with van der Waals surface area (Å²) in [5.74, 6) is 0. The van der Waals surface area contributed by atoms with Gasteiger partial charge in [0.05, 0.1) is 5.54 Å². The summed E-state index contributed by atoms with van der Waals surface area (Å²) >= 11 is 0. The summed E-state index contributed by atoms with van der Waals surface area (Å²) in [6.45, 7) is 8.19. The quantitative estimate of drug-likeness (QED) is 0.722. The van der Waals surface area contributed by atoms with Gasteiger partial charge in [-0.15, -0.1) is 0 Å². The van der Waals surface area contributed by atoms with Gasteiger partial charge >= 0.3 is 6.09 Å². The van der Waals surface area contributed by atoms with Crippen molar-refractivity contribution in [3.63, 3.8) is 0 Å². The molecule has 2 aliphatic rings. The van der Waals surface area contributed by atoms with Crippen LogP contribution >= 0.6 is 0 Å². The normalized spacial score (nSPS) is 32.9. The molecule has 110 valence electrons. The van der Waals surface area contributed by atoms with Crippen LogP contribution in [0.5, 0.6) is 0 Å². The van der Waals surface area contributed by atoms with Gasteiger partial charge in [-0.1, -0.05) is 0 Å². The third-order valence-corrected chi connectivity index (χ3v) is 4.38. The van der Waals surface area contributed by atoms with Gasteiger partial charge in [-0.2, -0.15) is 0 Å². The van der Waals surface area contributed by atoms with Crippen LogP contribution in [0.25, 0.3) is 0 Å². The Hall–Kier alpha value is -0.810. The fourth-order valence-electron chi connectivity index (χ4n) is 3.27. The van der Waals surface area contributed by atoms with Gasteiger partial charge in [0.2, 0.25) is 0 Å². The van der Waals surface area contributed by atoms with Crippen molar-refractivity contribution in [2.45, 2.75) is 57.2 Å². The molecule has 2 atom stereocenters. The van der Waals surface area contributed by atoms with E-state index in [4.69, 9.17) is 10.5 Å². The highest BCUT2D eigenvalue weighted by atomic mass is 16.6. The number of likely N-dealkylation sites (tertiary alicyclic amines) is 2. The Balaban J connectivity index is 2.07. The molecule has 2 N–H and O–H groups in total. The Morgan fingerprint density at radius 1 is 1.37 bits per heavy atom. The van der Waals surface area contributed by atoms with Crippen LogP contribution in [-0.4, -0.2) is 59.8 Å². The number of nitrogens with two attached hydrogens (primary N) is 1. The third kappa shape index (κ3) is 2.87. The fourth-order valence-corrected chi connectivity index (χ4v) is 3.27. The first-order valence-corrected chi connectivity index (χ1v) is 7.19. The molecule has 2 fully saturated rings. The van der Waals surface area contributed by atoms with Gasteiger partial charge < -0.3 is 15.4 Å². The number of amides is 1. The van der Waals surface area contributed by atoms with Crippen LogP contribution in [0.1, 0.15) is 40.0 Å². The first kappa shape index (κ1) is 14.6. The van der Waals surface area contributed by atoms with E-state index in [-0.39, 0.29) is 17.7 Å². The molecule has 2 aliphatic heterocycles. The topological polar surface area (TPSA) is 58.8 Å². The molecule has 2 unspecified atom stereocenters. The number of likely N-dealkylation sites (N-methyl/N-ethyl adjacent to an activating group) is 1. The maximum atomic E-state index is 12.2. The van der Waals surface area contributed by atoms with E-state index in [1.165, 1.54) is 0 Å². The number of carbonyl (C=O) groups excluding carboxylic acids is 1. The molecular formula is C14H27N3O2. The molecule has 1 spiro atoms. The molecule has 0 bridgehead atoms. The van der Waals surface area contributed by atoms with Gasteiger partial charge in [-0.25, -0.2) is 4.79 Å². The summed E-state index contributed by atoms with van der Waals surface area (Å²) in [6.07, 6.45) is 2.87. The maximum absolute atomic E-state index is 12.2. The van der Waals surface area contributed by atoms with Crippen molar-refractivity contribution < 1.29 is 9.53 Å². The minimum atomic E-state index is -0.439. The molecule has 0 saturated carbocycles. The zero-order chi connectivity index (χ0) is 14.3. The zero-order valence-electron chi connectivity index (χ0n) is 12.6. The van der Waals surface area contributed by atoms with Crippen LogP contribution in [0, 0.1) is 0 Å². The zero-order valence-corrected chi connectivity index (χ0v) is 12.6. The highest BCUT2D eigenvalue weighted by Gasteiger charge is 2.48. The molecule has 2 heterocycles. The number of hydrogen-bond donors (Lipinski definition) is 1. The van der Waals surface area contributed by atoms with Crippen molar-refractivity contribution in [1.29, 1.82) is 0 Å². The molecule has 5 heteroatoms. The second-order valence-corrected chi connectivity index (χ2v) is 6.93. The first-order chi connectivity index (χ1) is 8.74. The van der Waals surface area contributed by atoms with Crippen molar-refractivity contribution in [2.75, 3.05) is 26.7 Å². The smallest absolute Gasteiger partial charge is 0.410 e. The van der Waals surface area contributed by atoms with Gasteiger partial charge in [0.1, 0.15) is 5.60 Å². The molecule has 0 radical (unpaired) electrons. The summed E-state index contributed by atoms with van der Waals surface area (Å²) in [7, 11) is 2.12. The fraction of sp³-hybridized carbons (Fsp3) is 0.929. The molecule has 19 heavy (non-hydrogen) atoms. The van der Waals surface area contributed by atoms with Crippen molar-refractivity contribution in [1.82, 2.24) is 9.80 Å². The Morgan fingerprint density at radius 3 is 2.58 bits per heavy atom. The number of rotatable bonds is 0. The van der Waals surface area contributed by atoms with E-state index in [0.29, 0.717) is 6.54 Å². The number of hydrogen-bond acceptors (Lipinski definition) is 4. The minimum absolute atomic E-state index is 0.0465. The molecule has 0 aromatic carbocycles. The van der Waals surface area contributed by atoms with Crippen LogP contribution in [0.15, 0.2) is 0 Å². The van der Waals surface area contributed by atoms with Crippen LogP contribution < -0.4 is 5.73 Å².